The van der Waals surface area contributed by atoms with Crippen molar-refractivity contribution in [3.05, 3.63) is 23.8 Å². The molecule has 0 spiro atoms. The highest BCUT2D eigenvalue weighted by Crippen LogP contribution is 2.28. The van der Waals surface area contributed by atoms with Crippen LogP contribution in [0, 0.1) is 0 Å². The lowest BCUT2D eigenvalue weighted by Gasteiger charge is -2.19. The van der Waals surface area contributed by atoms with Gasteiger partial charge in [-0.15, -0.1) is 0 Å². The molecule has 0 aliphatic heterocycles. The number of hydrogen-bond donors (Lipinski definition) is 1. The van der Waals surface area contributed by atoms with Gasteiger partial charge in [-0.1, -0.05) is 6.07 Å². The van der Waals surface area contributed by atoms with Gasteiger partial charge in [0.2, 0.25) is 0 Å². The van der Waals surface area contributed by atoms with Crippen molar-refractivity contribution in [1.82, 2.24) is 5.32 Å². The van der Waals surface area contributed by atoms with Crippen LogP contribution < -0.4 is 14.8 Å². The highest BCUT2D eigenvalue weighted by molar-refractivity contribution is 7.92. The Morgan fingerprint density at radius 3 is 2.38 bits per heavy atom. The molecule has 0 heterocycles. The summed E-state index contributed by atoms with van der Waals surface area (Å²) in [6.07, 6.45) is 0. The monoisotopic (exact) mass is 315 g/mol. The Hall–Kier alpha value is -1.27. The van der Waals surface area contributed by atoms with Crippen molar-refractivity contribution in [3.8, 4) is 11.5 Å². The highest BCUT2D eigenvalue weighted by atomic mass is 32.2. The van der Waals surface area contributed by atoms with Gasteiger partial charge in [-0.25, -0.2) is 8.42 Å². The van der Waals surface area contributed by atoms with Crippen LogP contribution in [0.25, 0.3) is 0 Å². The van der Waals surface area contributed by atoms with Crippen LogP contribution in [-0.2, 0) is 16.4 Å². The van der Waals surface area contributed by atoms with E-state index in [2.05, 4.69) is 5.32 Å². The molecule has 1 N–H and O–H groups in total. The maximum Gasteiger partial charge on any atom is 0.161 e. The fourth-order valence-electron chi connectivity index (χ4n) is 1.71. The van der Waals surface area contributed by atoms with E-state index in [1.54, 1.807) is 33.9 Å². The van der Waals surface area contributed by atoms with E-state index in [-0.39, 0.29) is 12.4 Å². The fourth-order valence-corrected chi connectivity index (χ4v) is 2.63. The summed E-state index contributed by atoms with van der Waals surface area (Å²) in [5.74, 6) is 1.15. The van der Waals surface area contributed by atoms with Gasteiger partial charge in [0.25, 0.3) is 0 Å². The maximum absolute atomic E-state index is 12.0. The molecule has 1 rings (SSSR count). The fraction of sp³-hybridized carbons (Fsp3) is 0.600. The summed E-state index contributed by atoms with van der Waals surface area (Å²) in [7, 11) is 0.256. The first-order chi connectivity index (χ1) is 9.71. The Balaban J connectivity index is 2.72. The summed E-state index contributed by atoms with van der Waals surface area (Å²) in [5, 5.41) is 3.06. The molecule has 0 bridgehead atoms. The third-order valence-electron chi connectivity index (χ3n) is 3.15. The quantitative estimate of drug-likeness (QED) is 0.834. The molecule has 5 nitrogen and oxygen atoms in total. The molecule has 0 amide bonds. The van der Waals surface area contributed by atoms with E-state index in [0.717, 1.165) is 12.1 Å². The minimum absolute atomic E-state index is 0.0160. The van der Waals surface area contributed by atoms with Crippen molar-refractivity contribution in [2.75, 3.05) is 26.5 Å². The SMILES string of the molecule is CNCc1ccc(OCCS(=O)(=O)C(C)(C)C)c(OC)c1. The van der Waals surface area contributed by atoms with Gasteiger partial charge in [0.1, 0.15) is 6.61 Å². The van der Waals surface area contributed by atoms with Crippen LogP contribution in [0.3, 0.4) is 0 Å². The van der Waals surface area contributed by atoms with Crippen LogP contribution in [0.2, 0.25) is 0 Å². The molecule has 6 heteroatoms. The normalized spacial score (nSPS) is 12.2. The summed E-state index contributed by atoms with van der Waals surface area (Å²) < 4.78 is 34.1. The second-order valence-electron chi connectivity index (χ2n) is 5.80. The summed E-state index contributed by atoms with van der Waals surface area (Å²) in [6.45, 7) is 5.91. The Kier molecular flexibility index (Phi) is 6.04. The number of nitrogens with one attached hydrogen (secondary N) is 1. The molecular formula is C15H25NO4S. The molecule has 0 saturated heterocycles. The number of sulfone groups is 1. The first kappa shape index (κ1) is 17.8. The lowest BCUT2D eigenvalue weighted by Crippen LogP contribution is -2.32. The number of benzene rings is 1. The van der Waals surface area contributed by atoms with Gasteiger partial charge in [-0.2, -0.15) is 0 Å². The van der Waals surface area contributed by atoms with E-state index in [4.69, 9.17) is 9.47 Å². The Morgan fingerprint density at radius 2 is 1.86 bits per heavy atom. The number of rotatable bonds is 7. The van der Waals surface area contributed by atoms with Crippen molar-refractivity contribution in [1.29, 1.82) is 0 Å². The predicted octanol–water partition coefficient (Wildman–Crippen LogP) is 2.01. The van der Waals surface area contributed by atoms with E-state index in [1.165, 1.54) is 0 Å². The lowest BCUT2D eigenvalue weighted by atomic mass is 10.2. The molecule has 0 aliphatic carbocycles. The third kappa shape index (κ3) is 4.89. The molecule has 0 atom stereocenters. The summed E-state index contributed by atoms with van der Waals surface area (Å²) in [6, 6.07) is 5.60. The minimum atomic E-state index is -3.18. The molecule has 0 unspecified atom stereocenters. The Morgan fingerprint density at radius 1 is 1.19 bits per heavy atom. The number of hydrogen-bond acceptors (Lipinski definition) is 5. The predicted molar refractivity (Wildman–Crippen MR) is 84.8 cm³/mol. The molecule has 120 valence electrons. The second-order valence-corrected chi connectivity index (χ2v) is 8.66. The highest BCUT2D eigenvalue weighted by Gasteiger charge is 2.28. The lowest BCUT2D eigenvalue weighted by molar-refractivity contribution is 0.310. The standard InChI is InChI=1S/C15H25NO4S/c1-15(2,3)21(17,18)9-8-20-13-7-6-12(11-16-4)10-14(13)19-5/h6-7,10,16H,8-9,11H2,1-5H3. The smallest absolute Gasteiger partial charge is 0.161 e. The molecule has 21 heavy (non-hydrogen) atoms. The molecular weight excluding hydrogens is 290 g/mol. The summed E-state index contributed by atoms with van der Waals surface area (Å²) in [5.41, 5.74) is 1.07. The van der Waals surface area contributed by atoms with Crippen LogP contribution >= 0.6 is 0 Å². The molecule has 0 aliphatic rings. The van der Waals surface area contributed by atoms with Crippen LogP contribution in [0.4, 0.5) is 0 Å². The van der Waals surface area contributed by atoms with E-state index in [9.17, 15) is 8.42 Å². The third-order valence-corrected chi connectivity index (χ3v) is 5.72. The minimum Gasteiger partial charge on any atom is -0.493 e. The Bertz CT molecular complexity index is 562. The molecule has 0 radical (unpaired) electrons. The first-order valence-corrected chi connectivity index (χ1v) is 8.53. The van der Waals surface area contributed by atoms with E-state index in [0.29, 0.717) is 11.5 Å². The van der Waals surface area contributed by atoms with Crippen molar-refractivity contribution in [3.63, 3.8) is 0 Å². The van der Waals surface area contributed by atoms with E-state index < -0.39 is 14.6 Å². The van der Waals surface area contributed by atoms with Gasteiger partial charge in [0.15, 0.2) is 21.3 Å². The zero-order chi connectivity index (χ0) is 16.1. The maximum atomic E-state index is 12.0. The van der Waals surface area contributed by atoms with Crippen LogP contribution in [0.15, 0.2) is 18.2 Å². The molecule has 0 fully saturated rings. The van der Waals surface area contributed by atoms with Gasteiger partial charge >= 0.3 is 0 Å². The van der Waals surface area contributed by atoms with E-state index in [1.807, 2.05) is 19.2 Å². The van der Waals surface area contributed by atoms with Crippen LogP contribution in [-0.4, -0.2) is 39.7 Å². The van der Waals surface area contributed by atoms with Gasteiger partial charge in [-0.05, 0) is 45.5 Å². The Labute approximate surface area is 127 Å². The number of ether oxygens (including phenoxy) is 2. The van der Waals surface area contributed by atoms with Crippen LogP contribution in [0.1, 0.15) is 26.3 Å². The van der Waals surface area contributed by atoms with Crippen molar-refractivity contribution >= 4 is 9.84 Å². The summed E-state index contributed by atoms with van der Waals surface area (Å²) >= 11 is 0. The molecule has 1 aromatic rings. The van der Waals surface area contributed by atoms with Crippen molar-refractivity contribution < 1.29 is 17.9 Å². The van der Waals surface area contributed by atoms with Gasteiger partial charge in [0, 0.05) is 6.54 Å². The molecule has 1 aromatic carbocycles. The average Bonchev–Trinajstić information content (AvgIpc) is 2.39. The molecule has 0 aromatic heterocycles. The number of methoxy groups -OCH3 is 1. The van der Waals surface area contributed by atoms with Crippen molar-refractivity contribution in [2.24, 2.45) is 0 Å². The van der Waals surface area contributed by atoms with E-state index >= 15 is 0 Å². The van der Waals surface area contributed by atoms with Crippen LogP contribution in [0.5, 0.6) is 11.5 Å². The molecule has 0 saturated carbocycles. The van der Waals surface area contributed by atoms with Gasteiger partial charge in [-0.3, -0.25) is 0 Å². The summed E-state index contributed by atoms with van der Waals surface area (Å²) in [4.78, 5) is 0. The topological polar surface area (TPSA) is 64.6 Å². The zero-order valence-corrected chi connectivity index (χ0v) is 14.2. The van der Waals surface area contributed by atoms with Gasteiger partial charge in [0.05, 0.1) is 17.6 Å². The largest absolute Gasteiger partial charge is 0.493 e. The zero-order valence-electron chi connectivity index (χ0n) is 13.4. The first-order valence-electron chi connectivity index (χ1n) is 6.88. The van der Waals surface area contributed by atoms with Gasteiger partial charge < -0.3 is 14.8 Å². The second kappa shape index (κ2) is 7.13. The average molecular weight is 315 g/mol. The van der Waals surface area contributed by atoms with Crippen molar-refractivity contribution in [2.45, 2.75) is 32.1 Å².